The van der Waals surface area contributed by atoms with E-state index in [1.54, 1.807) is 42.5 Å². The van der Waals surface area contributed by atoms with Crippen molar-refractivity contribution in [1.82, 2.24) is 9.62 Å². The average Bonchev–Trinajstić information content (AvgIpc) is 3.39. The molecule has 3 aromatic carbocycles. The molecule has 1 N–H and O–H groups in total. The van der Waals surface area contributed by atoms with E-state index in [0.717, 1.165) is 5.56 Å². The third-order valence-electron chi connectivity index (χ3n) is 6.50. The lowest BCUT2D eigenvalue weighted by atomic mass is 9.87. The Kier molecular flexibility index (Phi) is 7.99. The molecule has 10 heteroatoms. The van der Waals surface area contributed by atoms with Gasteiger partial charge < -0.3 is 19.5 Å². The highest BCUT2D eigenvalue weighted by Crippen LogP contribution is 2.44. The first kappa shape index (κ1) is 26.4. The summed E-state index contributed by atoms with van der Waals surface area (Å²) in [5, 5.41) is 2.88. The smallest absolute Gasteiger partial charge is 0.243 e. The van der Waals surface area contributed by atoms with Crippen molar-refractivity contribution in [3.63, 3.8) is 0 Å². The number of amides is 1. The number of carbonyl (C=O) groups excluding carboxylic acids is 1. The summed E-state index contributed by atoms with van der Waals surface area (Å²) in [5.41, 5.74) is 1.41. The Bertz CT molecular complexity index is 1320. The van der Waals surface area contributed by atoms with Crippen LogP contribution < -0.4 is 19.5 Å². The maximum Gasteiger partial charge on any atom is 0.243 e. The second-order valence-electron chi connectivity index (χ2n) is 8.65. The number of nitrogens with zero attached hydrogens (tertiary/aromatic N) is 1. The van der Waals surface area contributed by atoms with Gasteiger partial charge in [-0.2, -0.15) is 4.31 Å². The molecule has 196 valence electrons. The van der Waals surface area contributed by atoms with Crippen molar-refractivity contribution < 1.29 is 31.8 Å². The van der Waals surface area contributed by atoms with Crippen LogP contribution in [0.2, 0.25) is 0 Å². The molecule has 1 aliphatic heterocycles. The lowest BCUT2D eigenvalue weighted by Crippen LogP contribution is -2.35. The Hall–Kier alpha value is -3.63. The van der Waals surface area contributed by atoms with E-state index in [9.17, 15) is 17.6 Å². The summed E-state index contributed by atoms with van der Waals surface area (Å²) in [7, 11) is 0.648. The molecule has 0 spiro atoms. The van der Waals surface area contributed by atoms with E-state index >= 15 is 0 Å². The van der Waals surface area contributed by atoms with Crippen LogP contribution >= 0.6 is 0 Å². The van der Waals surface area contributed by atoms with Crippen molar-refractivity contribution in [2.45, 2.75) is 17.4 Å². The van der Waals surface area contributed by atoms with Crippen LogP contribution in [0.3, 0.4) is 0 Å². The first-order chi connectivity index (χ1) is 17.8. The summed E-state index contributed by atoms with van der Waals surface area (Å²) < 4.78 is 57.8. The molecule has 1 aliphatic rings. The molecule has 37 heavy (non-hydrogen) atoms. The minimum absolute atomic E-state index is 0.00615. The average molecular weight is 529 g/mol. The number of methoxy groups -OCH3 is 3. The molecule has 0 bridgehead atoms. The predicted molar refractivity (Wildman–Crippen MR) is 136 cm³/mol. The second-order valence-corrected chi connectivity index (χ2v) is 10.6. The van der Waals surface area contributed by atoms with Gasteiger partial charge in [-0.1, -0.05) is 30.3 Å². The Morgan fingerprint density at radius 1 is 0.946 bits per heavy atom. The number of hydrogen-bond donors (Lipinski definition) is 1. The summed E-state index contributed by atoms with van der Waals surface area (Å²) in [6, 6.07) is 17.4. The molecular weight excluding hydrogens is 499 g/mol. The fourth-order valence-corrected chi connectivity index (χ4v) is 6.06. The number of sulfonamides is 1. The van der Waals surface area contributed by atoms with Crippen LogP contribution in [0.4, 0.5) is 4.39 Å². The van der Waals surface area contributed by atoms with Crippen LogP contribution in [-0.4, -0.2) is 53.0 Å². The van der Waals surface area contributed by atoms with E-state index in [-0.39, 0.29) is 36.3 Å². The lowest BCUT2D eigenvalue weighted by Gasteiger charge is -2.21. The highest BCUT2D eigenvalue weighted by atomic mass is 32.2. The topological polar surface area (TPSA) is 94.2 Å². The minimum atomic E-state index is -3.84. The first-order valence-corrected chi connectivity index (χ1v) is 13.1. The zero-order valence-electron chi connectivity index (χ0n) is 20.8. The van der Waals surface area contributed by atoms with Gasteiger partial charge in [-0.3, -0.25) is 4.79 Å². The van der Waals surface area contributed by atoms with Gasteiger partial charge in [0, 0.05) is 25.6 Å². The third kappa shape index (κ3) is 5.55. The monoisotopic (exact) mass is 528 g/mol. The zero-order chi connectivity index (χ0) is 26.6. The van der Waals surface area contributed by atoms with E-state index in [0.29, 0.717) is 22.8 Å². The van der Waals surface area contributed by atoms with Gasteiger partial charge in [0.2, 0.25) is 21.7 Å². The van der Waals surface area contributed by atoms with Crippen molar-refractivity contribution in [1.29, 1.82) is 0 Å². The Morgan fingerprint density at radius 2 is 1.57 bits per heavy atom. The zero-order valence-corrected chi connectivity index (χ0v) is 21.6. The fourth-order valence-electron chi connectivity index (χ4n) is 4.55. The first-order valence-electron chi connectivity index (χ1n) is 11.7. The number of halogens is 1. The molecule has 0 saturated carbocycles. The van der Waals surface area contributed by atoms with Gasteiger partial charge in [0.1, 0.15) is 5.82 Å². The molecule has 1 saturated heterocycles. The van der Waals surface area contributed by atoms with E-state index in [1.165, 1.54) is 49.9 Å². The number of ether oxygens (including phenoxy) is 3. The van der Waals surface area contributed by atoms with E-state index in [1.807, 2.05) is 0 Å². The second kappa shape index (κ2) is 11.2. The standard InChI is InChI=1S/C27H29FN2O6S/c1-34-24-13-19(14-25(35-2)26(24)36-3)22-16-30(37(32,33)21-7-5-4-6-8-21)17-23(22)27(31)29-15-18-9-11-20(28)12-10-18/h4-14,22-23H,15-17H2,1-3H3,(H,29,31)/t22-,23+/m1/s1. The van der Waals surface area contributed by atoms with Gasteiger partial charge in [0.15, 0.2) is 11.5 Å². The summed E-state index contributed by atoms with van der Waals surface area (Å²) in [5.74, 6) is -0.637. The number of nitrogens with one attached hydrogen (secondary N) is 1. The predicted octanol–water partition coefficient (Wildman–Crippen LogP) is 3.57. The SMILES string of the molecule is COc1cc([C@H]2CN(S(=O)(=O)c3ccccc3)C[C@@H]2C(=O)NCc2ccc(F)cc2)cc(OC)c1OC. The molecule has 0 aliphatic carbocycles. The van der Waals surface area contributed by atoms with Crippen LogP contribution in [0.5, 0.6) is 17.2 Å². The Labute approximate surface area is 216 Å². The summed E-state index contributed by atoms with van der Waals surface area (Å²) in [6.45, 7) is 0.265. The minimum Gasteiger partial charge on any atom is -0.493 e. The molecule has 1 fully saturated rings. The molecule has 8 nitrogen and oxygen atoms in total. The summed E-state index contributed by atoms with van der Waals surface area (Å²) in [4.78, 5) is 13.6. The lowest BCUT2D eigenvalue weighted by molar-refractivity contribution is -0.125. The van der Waals surface area contributed by atoms with Gasteiger partial charge >= 0.3 is 0 Å². The van der Waals surface area contributed by atoms with Gasteiger partial charge in [-0.25, -0.2) is 12.8 Å². The molecule has 4 rings (SSSR count). The molecule has 1 amide bonds. The quantitative estimate of drug-likeness (QED) is 0.457. The third-order valence-corrected chi connectivity index (χ3v) is 8.35. The van der Waals surface area contributed by atoms with Crippen molar-refractivity contribution in [3.05, 3.63) is 83.7 Å². The van der Waals surface area contributed by atoms with Crippen molar-refractivity contribution >= 4 is 15.9 Å². The van der Waals surface area contributed by atoms with Crippen LogP contribution in [0.15, 0.2) is 71.6 Å². The van der Waals surface area contributed by atoms with Gasteiger partial charge in [-0.15, -0.1) is 0 Å². The molecule has 2 atom stereocenters. The van der Waals surface area contributed by atoms with E-state index in [4.69, 9.17) is 14.2 Å². The van der Waals surface area contributed by atoms with Crippen LogP contribution in [0.1, 0.15) is 17.0 Å². The van der Waals surface area contributed by atoms with Gasteiger partial charge in [0.25, 0.3) is 0 Å². The maximum atomic E-state index is 13.4. The number of rotatable bonds is 9. The largest absolute Gasteiger partial charge is 0.493 e. The molecule has 0 unspecified atom stereocenters. The molecule has 1 heterocycles. The van der Waals surface area contributed by atoms with Crippen LogP contribution in [0, 0.1) is 11.7 Å². The highest BCUT2D eigenvalue weighted by molar-refractivity contribution is 7.89. The number of hydrogen-bond acceptors (Lipinski definition) is 6. The normalized spacial score (nSPS) is 17.8. The van der Waals surface area contributed by atoms with Crippen molar-refractivity contribution in [3.8, 4) is 17.2 Å². The molecular formula is C27H29FN2O6S. The van der Waals surface area contributed by atoms with Crippen LogP contribution in [-0.2, 0) is 21.4 Å². The summed E-state index contributed by atoms with van der Waals surface area (Å²) >= 11 is 0. The summed E-state index contributed by atoms with van der Waals surface area (Å²) in [6.07, 6.45) is 0. The Morgan fingerprint density at radius 3 is 2.14 bits per heavy atom. The Balaban J connectivity index is 1.68. The van der Waals surface area contributed by atoms with Gasteiger partial charge in [0.05, 0.1) is 32.1 Å². The van der Waals surface area contributed by atoms with Crippen LogP contribution in [0.25, 0.3) is 0 Å². The molecule has 3 aromatic rings. The maximum absolute atomic E-state index is 13.4. The number of carbonyl (C=O) groups is 1. The fraction of sp³-hybridized carbons (Fsp3) is 0.296. The van der Waals surface area contributed by atoms with Crippen molar-refractivity contribution in [2.24, 2.45) is 5.92 Å². The molecule has 0 aromatic heterocycles. The van der Waals surface area contributed by atoms with E-state index in [2.05, 4.69) is 5.32 Å². The van der Waals surface area contributed by atoms with Gasteiger partial charge in [-0.05, 0) is 47.5 Å². The number of benzene rings is 3. The van der Waals surface area contributed by atoms with Crippen molar-refractivity contribution in [2.75, 3.05) is 34.4 Å². The highest BCUT2D eigenvalue weighted by Gasteiger charge is 2.44. The molecule has 0 radical (unpaired) electrons. The van der Waals surface area contributed by atoms with E-state index < -0.39 is 21.9 Å².